The molecule has 0 radical (unpaired) electrons. The third kappa shape index (κ3) is 2.03. The molecular formula is C14H9ClN4OS. The maximum absolute atomic E-state index is 5.91. The summed E-state index contributed by atoms with van der Waals surface area (Å²) in [6, 6.07) is 9.45. The van der Waals surface area contributed by atoms with Crippen LogP contribution in [0.4, 0.5) is 0 Å². The zero-order valence-corrected chi connectivity index (χ0v) is 12.5. The minimum absolute atomic E-state index is 0.688. The number of nitrogens with zero attached hydrogens (tertiary/aromatic N) is 4. The number of hydrogen-bond acceptors (Lipinski definition) is 5. The van der Waals surface area contributed by atoms with E-state index in [-0.39, 0.29) is 0 Å². The molecule has 3 heterocycles. The Morgan fingerprint density at radius 1 is 1.14 bits per heavy atom. The number of aromatic nitrogens is 4. The molecule has 7 heteroatoms. The highest BCUT2D eigenvalue weighted by atomic mass is 35.5. The van der Waals surface area contributed by atoms with E-state index < -0.39 is 0 Å². The lowest BCUT2D eigenvalue weighted by Gasteiger charge is -1.96. The third-order valence-corrected chi connectivity index (χ3v) is 4.38. The SMILES string of the molecule is Cc1occc1-c1nnc2sc(-c3ccc(Cl)cc3)nn12. The van der Waals surface area contributed by atoms with Crippen LogP contribution in [0, 0.1) is 6.92 Å². The van der Waals surface area contributed by atoms with Crippen molar-refractivity contribution in [2.24, 2.45) is 0 Å². The summed E-state index contributed by atoms with van der Waals surface area (Å²) in [5.41, 5.74) is 1.90. The predicted molar refractivity (Wildman–Crippen MR) is 81.5 cm³/mol. The molecule has 0 aliphatic heterocycles. The average Bonchev–Trinajstić information content (AvgIpc) is 3.15. The Morgan fingerprint density at radius 2 is 1.95 bits per heavy atom. The molecule has 0 N–H and O–H groups in total. The molecule has 0 unspecified atom stereocenters. The van der Waals surface area contributed by atoms with Gasteiger partial charge in [0.2, 0.25) is 4.96 Å². The topological polar surface area (TPSA) is 56.2 Å². The van der Waals surface area contributed by atoms with Gasteiger partial charge in [-0.25, -0.2) is 0 Å². The summed E-state index contributed by atoms with van der Waals surface area (Å²) in [7, 11) is 0. The van der Waals surface area contributed by atoms with Gasteiger partial charge in [-0.3, -0.25) is 0 Å². The van der Waals surface area contributed by atoms with Crippen LogP contribution < -0.4 is 0 Å². The molecule has 0 atom stereocenters. The van der Waals surface area contributed by atoms with Crippen molar-refractivity contribution >= 4 is 27.9 Å². The molecular weight excluding hydrogens is 308 g/mol. The second-order valence-electron chi connectivity index (χ2n) is 4.52. The highest BCUT2D eigenvalue weighted by Crippen LogP contribution is 2.29. The molecule has 1 aromatic carbocycles. The van der Waals surface area contributed by atoms with E-state index in [2.05, 4.69) is 15.3 Å². The Hall–Kier alpha value is -2.18. The van der Waals surface area contributed by atoms with E-state index in [1.807, 2.05) is 37.3 Å². The molecule has 0 fully saturated rings. The van der Waals surface area contributed by atoms with Crippen molar-refractivity contribution in [3.8, 4) is 22.0 Å². The molecule has 21 heavy (non-hydrogen) atoms. The molecule has 0 bridgehead atoms. The number of rotatable bonds is 2. The Kier molecular flexibility index (Phi) is 2.80. The summed E-state index contributed by atoms with van der Waals surface area (Å²) < 4.78 is 7.06. The number of fused-ring (bicyclic) bond motifs is 1. The number of furan rings is 1. The zero-order valence-electron chi connectivity index (χ0n) is 10.9. The molecule has 0 aliphatic rings. The van der Waals surface area contributed by atoms with Gasteiger partial charge in [0.05, 0.1) is 11.8 Å². The monoisotopic (exact) mass is 316 g/mol. The molecule has 0 aliphatic carbocycles. The fourth-order valence-electron chi connectivity index (χ4n) is 2.11. The van der Waals surface area contributed by atoms with E-state index >= 15 is 0 Å². The second-order valence-corrected chi connectivity index (χ2v) is 5.91. The number of aryl methyl sites for hydroxylation is 1. The van der Waals surface area contributed by atoms with Crippen LogP contribution in [0.15, 0.2) is 41.0 Å². The minimum atomic E-state index is 0.688. The first-order valence-electron chi connectivity index (χ1n) is 6.25. The van der Waals surface area contributed by atoms with Gasteiger partial charge in [0, 0.05) is 10.6 Å². The van der Waals surface area contributed by atoms with E-state index in [1.165, 1.54) is 11.3 Å². The maximum Gasteiger partial charge on any atom is 0.235 e. The molecule has 0 saturated heterocycles. The Bertz CT molecular complexity index is 922. The van der Waals surface area contributed by atoms with E-state index in [9.17, 15) is 0 Å². The molecule has 3 aromatic heterocycles. The van der Waals surface area contributed by atoms with E-state index in [1.54, 1.807) is 10.8 Å². The van der Waals surface area contributed by atoms with Crippen LogP contribution in [-0.2, 0) is 0 Å². The summed E-state index contributed by atoms with van der Waals surface area (Å²) >= 11 is 7.40. The fraction of sp³-hybridized carbons (Fsp3) is 0.0714. The smallest absolute Gasteiger partial charge is 0.235 e. The minimum Gasteiger partial charge on any atom is -0.469 e. The van der Waals surface area contributed by atoms with Crippen LogP contribution in [0.25, 0.3) is 26.9 Å². The van der Waals surface area contributed by atoms with Crippen LogP contribution in [-0.4, -0.2) is 19.8 Å². The van der Waals surface area contributed by atoms with Crippen LogP contribution in [0.3, 0.4) is 0 Å². The summed E-state index contributed by atoms with van der Waals surface area (Å²) in [5, 5.41) is 14.5. The van der Waals surface area contributed by atoms with E-state index in [0.29, 0.717) is 10.8 Å². The van der Waals surface area contributed by atoms with Crippen LogP contribution in [0.1, 0.15) is 5.76 Å². The highest BCUT2D eigenvalue weighted by Gasteiger charge is 2.16. The van der Waals surface area contributed by atoms with Crippen molar-refractivity contribution in [2.75, 3.05) is 0 Å². The largest absolute Gasteiger partial charge is 0.469 e. The second kappa shape index (κ2) is 4.68. The predicted octanol–water partition coefficient (Wildman–Crippen LogP) is 4.07. The molecule has 104 valence electrons. The lowest BCUT2D eigenvalue weighted by atomic mass is 10.2. The number of halogens is 1. The molecule has 4 rings (SSSR count). The Morgan fingerprint density at radius 3 is 2.67 bits per heavy atom. The molecule has 0 amide bonds. The first-order valence-corrected chi connectivity index (χ1v) is 7.44. The molecule has 5 nitrogen and oxygen atoms in total. The van der Waals surface area contributed by atoms with E-state index in [0.717, 1.165) is 26.9 Å². The van der Waals surface area contributed by atoms with Gasteiger partial charge >= 0.3 is 0 Å². The summed E-state index contributed by atoms with van der Waals surface area (Å²) in [6.45, 7) is 1.89. The van der Waals surface area contributed by atoms with Gasteiger partial charge in [0.15, 0.2) is 5.82 Å². The van der Waals surface area contributed by atoms with Crippen molar-refractivity contribution in [2.45, 2.75) is 6.92 Å². The quantitative estimate of drug-likeness (QED) is 0.559. The summed E-state index contributed by atoms with van der Waals surface area (Å²) in [4.78, 5) is 0.746. The van der Waals surface area contributed by atoms with E-state index in [4.69, 9.17) is 16.0 Å². The molecule has 4 aromatic rings. The fourth-order valence-corrected chi connectivity index (χ4v) is 3.08. The average molecular weight is 317 g/mol. The lowest BCUT2D eigenvalue weighted by molar-refractivity contribution is 0.535. The number of hydrogen-bond donors (Lipinski definition) is 0. The van der Waals surface area contributed by atoms with Gasteiger partial charge in [-0.05, 0) is 25.1 Å². The number of benzene rings is 1. The van der Waals surface area contributed by atoms with Crippen molar-refractivity contribution in [3.05, 3.63) is 47.4 Å². The van der Waals surface area contributed by atoms with Crippen molar-refractivity contribution in [3.63, 3.8) is 0 Å². The van der Waals surface area contributed by atoms with Crippen LogP contribution >= 0.6 is 22.9 Å². The van der Waals surface area contributed by atoms with Gasteiger partial charge in [0.1, 0.15) is 10.8 Å². The molecule has 0 spiro atoms. The zero-order chi connectivity index (χ0) is 14.4. The van der Waals surface area contributed by atoms with Gasteiger partial charge in [-0.2, -0.15) is 9.61 Å². The third-order valence-electron chi connectivity index (χ3n) is 3.18. The maximum atomic E-state index is 5.91. The normalized spacial score (nSPS) is 11.3. The van der Waals surface area contributed by atoms with Gasteiger partial charge in [0.25, 0.3) is 0 Å². The van der Waals surface area contributed by atoms with Crippen LogP contribution in [0.5, 0.6) is 0 Å². The van der Waals surface area contributed by atoms with Gasteiger partial charge < -0.3 is 4.42 Å². The Labute approximate surface area is 128 Å². The van der Waals surface area contributed by atoms with Crippen molar-refractivity contribution in [1.82, 2.24) is 19.8 Å². The first-order chi connectivity index (χ1) is 10.2. The van der Waals surface area contributed by atoms with Gasteiger partial charge in [-0.1, -0.05) is 35.1 Å². The Balaban J connectivity index is 1.86. The highest BCUT2D eigenvalue weighted by molar-refractivity contribution is 7.19. The summed E-state index contributed by atoms with van der Waals surface area (Å²) in [5.74, 6) is 1.48. The standard InChI is InChI=1S/C14H9ClN4OS/c1-8-11(6-7-20-8)12-16-17-14-19(12)18-13(21-14)9-2-4-10(15)5-3-9/h2-7H,1H3. The van der Waals surface area contributed by atoms with Crippen LogP contribution in [0.2, 0.25) is 5.02 Å². The van der Waals surface area contributed by atoms with Crippen molar-refractivity contribution < 1.29 is 4.42 Å². The van der Waals surface area contributed by atoms with Crippen molar-refractivity contribution in [1.29, 1.82) is 0 Å². The summed E-state index contributed by atoms with van der Waals surface area (Å²) in [6.07, 6.45) is 1.64. The molecule has 0 saturated carbocycles. The lowest BCUT2D eigenvalue weighted by Crippen LogP contribution is -1.91. The van der Waals surface area contributed by atoms with Gasteiger partial charge in [-0.15, -0.1) is 10.2 Å². The first kappa shape index (κ1) is 12.6.